The average molecular weight is 357 g/mol. The lowest BCUT2D eigenvalue weighted by Crippen LogP contribution is -2.52. The number of thiocarbonyl (C=S) groups is 1. The molecule has 10 heteroatoms. The number of carbonyl (C=O) groups is 3. The van der Waals surface area contributed by atoms with E-state index in [2.05, 4.69) is 0 Å². The number of Topliss-reactive ketones (excluding diaryl/α,β-unsaturated/α-hetero) is 1. The van der Waals surface area contributed by atoms with E-state index in [9.17, 15) is 32.6 Å². The van der Waals surface area contributed by atoms with Crippen LogP contribution in [-0.4, -0.2) is 50.5 Å². The van der Waals surface area contributed by atoms with E-state index < -0.39 is 55.2 Å². The van der Waals surface area contributed by atoms with Crippen LogP contribution in [0.5, 0.6) is 0 Å². The first-order valence-electron chi connectivity index (χ1n) is 6.26. The van der Waals surface area contributed by atoms with Crippen LogP contribution in [0.3, 0.4) is 0 Å². The lowest BCUT2D eigenvalue weighted by molar-refractivity contribution is -0.171. The number of nitrogens with zero attached hydrogens (tertiary/aromatic N) is 1. The van der Waals surface area contributed by atoms with Crippen molar-refractivity contribution in [3.8, 4) is 0 Å². The van der Waals surface area contributed by atoms with E-state index in [-0.39, 0.29) is 5.56 Å². The zero-order valence-corrected chi connectivity index (χ0v) is 13.1. The van der Waals surface area contributed by atoms with Gasteiger partial charge in [-0.05, 0) is 0 Å². The van der Waals surface area contributed by atoms with Gasteiger partial charge in [0.25, 0.3) is 21.9 Å². The van der Waals surface area contributed by atoms with Gasteiger partial charge in [-0.3, -0.25) is 24.1 Å². The summed E-state index contributed by atoms with van der Waals surface area (Å²) < 4.78 is 29.9. The van der Waals surface area contributed by atoms with Gasteiger partial charge in [-0.15, -0.1) is 0 Å². The summed E-state index contributed by atoms with van der Waals surface area (Å²) >= 11 is 4.86. The molecular formula is C13H11NO7S2. The summed E-state index contributed by atoms with van der Waals surface area (Å²) in [4.78, 5) is 34.9. The number of hydrogen-bond donors (Lipinski definition) is 2. The largest absolute Gasteiger partial charge is 0.294 e. The Morgan fingerprint density at radius 2 is 1.83 bits per heavy atom. The maximum absolute atomic E-state index is 12.1. The molecule has 8 nitrogen and oxygen atoms in total. The molecule has 23 heavy (non-hydrogen) atoms. The van der Waals surface area contributed by atoms with Gasteiger partial charge in [-0.2, -0.15) is 13.5 Å². The van der Waals surface area contributed by atoms with Crippen LogP contribution in [0.15, 0.2) is 30.3 Å². The molecule has 1 heterocycles. The molecule has 1 aliphatic rings. The smallest absolute Gasteiger partial charge is 0.285 e. The van der Waals surface area contributed by atoms with Crippen molar-refractivity contribution < 1.29 is 32.6 Å². The molecule has 0 radical (unpaired) electrons. The number of imide groups is 1. The fraction of sp³-hybridized carbons (Fsp3) is 0.231. The van der Waals surface area contributed by atoms with Gasteiger partial charge < -0.3 is 0 Å². The number of hydroxylamine groups is 2. The summed E-state index contributed by atoms with van der Waals surface area (Å²) in [7, 11) is -5.17. The highest BCUT2D eigenvalue weighted by Gasteiger charge is 2.63. The zero-order valence-electron chi connectivity index (χ0n) is 11.5. The molecule has 1 unspecified atom stereocenters. The summed E-state index contributed by atoms with van der Waals surface area (Å²) in [6.07, 6.45) is -1.71. The SMILES string of the molecule is O=C(CC(=S)C1(S(=O)(=O)O)CC(=O)N(O)C1=O)c1ccccc1. The maximum atomic E-state index is 12.1. The molecule has 2 N–H and O–H groups in total. The Bertz CT molecular complexity index is 803. The van der Waals surface area contributed by atoms with Crippen molar-refractivity contribution in [2.24, 2.45) is 0 Å². The van der Waals surface area contributed by atoms with Crippen molar-refractivity contribution in [1.29, 1.82) is 0 Å². The Labute approximate surface area is 136 Å². The Balaban J connectivity index is 2.39. The van der Waals surface area contributed by atoms with Crippen LogP contribution in [-0.2, 0) is 19.7 Å². The van der Waals surface area contributed by atoms with Gasteiger partial charge in [0.05, 0.1) is 6.42 Å². The third-order valence-electron chi connectivity index (χ3n) is 3.48. The fourth-order valence-corrected chi connectivity index (χ4v) is 3.81. The van der Waals surface area contributed by atoms with Crippen LogP contribution in [0.4, 0.5) is 0 Å². The van der Waals surface area contributed by atoms with Gasteiger partial charge in [0, 0.05) is 16.8 Å². The molecule has 1 aromatic rings. The van der Waals surface area contributed by atoms with Crippen LogP contribution >= 0.6 is 12.2 Å². The van der Waals surface area contributed by atoms with Gasteiger partial charge in [-0.1, -0.05) is 42.5 Å². The van der Waals surface area contributed by atoms with Crippen LogP contribution in [0.25, 0.3) is 0 Å². The maximum Gasteiger partial charge on any atom is 0.285 e. The summed E-state index contributed by atoms with van der Waals surface area (Å²) in [6, 6.07) is 7.75. The number of carbonyl (C=O) groups excluding carboxylic acids is 3. The molecule has 0 saturated carbocycles. The van der Waals surface area contributed by atoms with E-state index in [1.54, 1.807) is 18.2 Å². The van der Waals surface area contributed by atoms with E-state index in [0.29, 0.717) is 0 Å². The normalized spacial score (nSPS) is 21.6. The Morgan fingerprint density at radius 1 is 1.26 bits per heavy atom. The van der Waals surface area contributed by atoms with Gasteiger partial charge >= 0.3 is 0 Å². The zero-order chi connectivity index (χ0) is 17.4. The molecule has 1 atom stereocenters. The number of ketones is 1. The first-order valence-corrected chi connectivity index (χ1v) is 8.11. The van der Waals surface area contributed by atoms with Gasteiger partial charge in [0.1, 0.15) is 0 Å². The lowest BCUT2D eigenvalue weighted by Gasteiger charge is -2.22. The lowest BCUT2D eigenvalue weighted by atomic mass is 9.96. The Morgan fingerprint density at radius 3 is 2.26 bits per heavy atom. The first kappa shape index (κ1) is 17.3. The van der Waals surface area contributed by atoms with Crippen LogP contribution in [0.1, 0.15) is 23.2 Å². The fourth-order valence-electron chi connectivity index (χ4n) is 2.23. The van der Waals surface area contributed by atoms with Crippen LogP contribution in [0.2, 0.25) is 0 Å². The highest BCUT2D eigenvalue weighted by Crippen LogP contribution is 2.34. The highest BCUT2D eigenvalue weighted by molar-refractivity contribution is 7.92. The molecule has 0 aliphatic carbocycles. The van der Waals surface area contributed by atoms with Crippen molar-refractivity contribution in [3.05, 3.63) is 35.9 Å². The number of amides is 2. The van der Waals surface area contributed by atoms with E-state index in [0.717, 1.165) is 0 Å². The quantitative estimate of drug-likeness (QED) is 0.255. The molecule has 1 saturated heterocycles. The molecule has 1 fully saturated rings. The summed E-state index contributed by atoms with van der Waals surface area (Å²) in [5.74, 6) is -3.41. The summed E-state index contributed by atoms with van der Waals surface area (Å²) in [6.45, 7) is 0. The minimum atomic E-state index is -5.17. The van der Waals surface area contributed by atoms with Crippen molar-refractivity contribution in [2.75, 3.05) is 0 Å². The third kappa shape index (κ3) is 2.81. The molecule has 122 valence electrons. The molecular weight excluding hydrogens is 346 g/mol. The third-order valence-corrected chi connectivity index (χ3v) is 5.55. The monoisotopic (exact) mass is 357 g/mol. The van der Waals surface area contributed by atoms with Crippen molar-refractivity contribution in [2.45, 2.75) is 17.6 Å². The molecule has 1 aromatic carbocycles. The van der Waals surface area contributed by atoms with E-state index in [1.807, 2.05) is 0 Å². The second kappa shape index (κ2) is 5.89. The molecule has 2 amide bonds. The molecule has 1 aliphatic heterocycles. The van der Waals surface area contributed by atoms with Crippen molar-refractivity contribution in [3.63, 3.8) is 0 Å². The number of hydrogen-bond acceptors (Lipinski definition) is 7. The van der Waals surface area contributed by atoms with Crippen molar-refractivity contribution in [1.82, 2.24) is 5.06 Å². The van der Waals surface area contributed by atoms with Crippen LogP contribution < -0.4 is 0 Å². The first-order chi connectivity index (χ1) is 10.6. The Hall–Kier alpha value is -2.01. The van der Waals surface area contributed by atoms with Crippen molar-refractivity contribution >= 4 is 44.8 Å². The second-order valence-electron chi connectivity index (χ2n) is 4.88. The number of benzene rings is 1. The predicted molar refractivity (Wildman–Crippen MR) is 80.5 cm³/mol. The van der Waals surface area contributed by atoms with E-state index in [4.69, 9.17) is 12.2 Å². The Kier molecular flexibility index (Phi) is 4.44. The summed E-state index contributed by atoms with van der Waals surface area (Å²) in [5, 5.41) is 8.87. The highest BCUT2D eigenvalue weighted by atomic mass is 32.2. The van der Waals surface area contributed by atoms with E-state index in [1.165, 1.54) is 12.1 Å². The minimum Gasteiger partial charge on any atom is -0.294 e. The minimum absolute atomic E-state index is 0.220. The van der Waals surface area contributed by atoms with Gasteiger partial charge in [0.15, 0.2) is 5.78 Å². The average Bonchev–Trinajstić information content (AvgIpc) is 2.73. The van der Waals surface area contributed by atoms with E-state index >= 15 is 0 Å². The molecule has 2 rings (SSSR count). The number of rotatable bonds is 5. The second-order valence-corrected chi connectivity index (χ2v) is 7.02. The van der Waals surface area contributed by atoms with Gasteiger partial charge in [0.2, 0.25) is 4.75 Å². The molecule has 0 bridgehead atoms. The summed E-state index contributed by atoms with van der Waals surface area (Å²) in [5.41, 5.74) is 0.220. The molecule has 0 spiro atoms. The predicted octanol–water partition coefficient (Wildman–Crippen LogP) is 0.404. The standard InChI is InChI=1S/C13H11NO7S2/c15-9(8-4-2-1-3-5-8)6-10(22)13(23(19,20)21)7-11(16)14(18)12(13)17/h1-5,18H,6-7H2,(H,19,20,21). The topological polar surface area (TPSA) is 129 Å². The van der Waals surface area contributed by atoms with Crippen LogP contribution in [0, 0.1) is 0 Å². The van der Waals surface area contributed by atoms with Gasteiger partial charge in [-0.25, -0.2) is 0 Å². The molecule has 0 aromatic heterocycles.